The summed E-state index contributed by atoms with van der Waals surface area (Å²) in [6.45, 7) is 2.61. The fourth-order valence-corrected chi connectivity index (χ4v) is 2.32. The van der Waals surface area contributed by atoms with Gasteiger partial charge in [0.05, 0.1) is 0 Å². The maximum atomic E-state index is 13.5. The van der Waals surface area contributed by atoms with E-state index in [9.17, 15) is 8.78 Å². The molecule has 0 amide bonds. The molecule has 2 nitrogen and oxygen atoms in total. The molecular formula is C13H18F2N2. The van der Waals surface area contributed by atoms with Crippen LogP contribution in [0.4, 0.5) is 8.78 Å². The molecule has 1 aromatic carbocycles. The SMILES string of the molecule is NC(CN1CCCCC1)c1cc(F)ccc1F. The average Bonchev–Trinajstić information content (AvgIpc) is 2.33. The predicted octanol–water partition coefficient (Wildman–Crippen LogP) is 2.45. The summed E-state index contributed by atoms with van der Waals surface area (Å²) in [5, 5.41) is 0. The van der Waals surface area contributed by atoms with Crippen LogP contribution >= 0.6 is 0 Å². The lowest BCUT2D eigenvalue weighted by Crippen LogP contribution is -2.36. The van der Waals surface area contributed by atoms with E-state index >= 15 is 0 Å². The summed E-state index contributed by atoms with van der Waals surface area (Å²) in [4.78, 5) is 2.22. The second-order valence-corrected chi connectivity index (χ2v) is 4.63. The third-order valence-electron chi connectivity index (χ3n) is 3.26. The van der Waals surface area contributed by atoms with Crippen LogP contribution in [0.25, 0.3) is 0 Å². The van der Waals surface area contributed by atoms with Crippen LogP contribution < -0.4 is 5.73 Å². The number of nitrogens with zero attached hydrogens (tertiary/aromatic N) is 1. The third kappa shape index (κ3) is 3.23. The Hall–Kier alpha value is -1.00. The lowest BCUT2D eigenvalue weighted by atomic mass is 10.0. The first-order valence-electron chi connectivity index (χ1n) is 6.09. The lowest BCUT2D eigenvalue weighted by Gasteiger charge is -2.29. The summed E-state index contributed by atoms with van der Waals surface area (Å²) in [7, 11) is 0. The molecule has 2 rings (SSSR count). The first-order valence-corrected chi connectivity index (χ1v) is 6.09. The van der Waals surface area contributed by atoms with Gasteiger partial charge in [-0.05, 0) is 44.1 Å². The molecule has 1 aliphatic heterocycles. The van der Waals surface area contributed by atoms with Crippen LogP contribution in [0, 0.1) is 11.6 Å². The van der Waals surface area contributed by atoms with Crippen molar-refractivity contribution in [3.63, 3.8) is 0 Å². The third-order valence-corrected chi connectivity index (χ3v) is 3.26. The highest BCUT2D eigenvalue weighted by atomic mass is 19.1. The molecule has 1 unspecified atom stereocenters. The zero-order valence-electron chi connectivity index (χ0n) is 9.83. The second kappa shape index (κ2) is 5.56. The molecule has 0 aliphatic carbocycles. The summed E-state index contributed by atoms with van der Waals surface area (Å²) in [6.07, 6.45) is 3.58. The predicted molar refractivity (Wildman–Crippen MR) is 63.6 cm³/mol. The number of piperidine rings is 1. The van der Waals surface area contributed by atoms with E-state index in [1.807, 2.05) is 0 Å². The Balaban J connectivity index is 2.02. The highest BCUT2D eigenvalue weighted by molar-refractivity contribution is 5.22. The topological polar surface area (TPSA) is 29.3 Å². The molecule has 1 aromatic rings. The fraction of sp³-hybridized carbons (Fsp3) is 0.538. The van der Waals surface area contributed by atoms with Crippen molar-refractivity contribution >= 4 is 0 Å². The van der Waals surface area contributed by atoms with E-state index in [0.29, 0.717) is 6.54 Å². The van der Waals surface area contributed by atoms with Gasteiger partial charge in [0.25, 0.3) is 0 Å². The van der Waals surface area contributed by atoms with Crippen LogP contribution in [0.2, 0.25) is 0 Å². The summed E-state index contributed by atoms with van der Waals surface area (Å²) < 4.78 is 26.6. The minimum atomic E-state index is -0.455. The van der Waals surface area contributed by atoms with Crippen LogP contribution in [0.5, 0.6) is 0 Å². The Labute approximate surface area is 100 Å². The average molecular weight is 240 g/mol. The zero-order chi connectivity index (χ0) is 12.3. The number of likely N-dealkylation sites (tertiary alicyclic amines) is 1. The number of rotatable bonds is 3. The quantitative estimate of drug-likeness (QED) is 0.879. The van der Waals surface area contributed by atoms with Gasteiger partial charge in [0.2, 0.25) is 0 Å². The van der Waals surface area contributed by atoms with Gasteiger partial charge in [0.1, 0.15) is 11.6 Å². The van der Waals surface area contributed by atoms with E-state index in [1.54, 1.807) is 0 Å². The Morgan fingerprint density at radius 3 is 2.59 bits per heavy atom. The van der Waals surface area contributed by atoms with Gasteiger partial charge in [-0.2, -0.15) is 0 Å². The van der Waals surface area contributed by atoms with Crippen molar-refractivity contribution in [1.82, 2.24) is 4.90 Å². The Morgan fingerprint density at radius 1 is 1.18 bits per heavy atom. The monoisotopic (exact) mass is 240 g/mol. The van der Waals surface area contributed by atoms with Gasteiger partial charge in [0, 0.05) is 18.2 Å². The standard InChI is InChI=1S/C13H18F2N2/c14-10-4-5-12(15)11(8-10)13(16)9-17-6-2-1-3-7-17/h4-5,8,13H,1-3,6-7,9,16H2. The number of nitrogens with two attached hydrogens (primary N) is 1. The number of halogens is 2. The van der Waals surface area contributed by atoms with Crippen LogP contribution in [-0.2, 0) is 0 Å². The second-order valence-electron chi connectivity index (χ2n) is 4.63. The number of benzene rings is 1. The molecule has 0 saturated carbocycles. The van der Waals surface area contributed by atoms with E-state index in [0.717, 1.165) is 25.2 Å². The van der Waals surface area contributed by atoms with Crippen LogP contribution in [-0.4, -0.2) is 24.5 Å². The molecule has 1 saturated heterocycles. The van der Waals surface area contributed by atoms with E-state index in [2.05, 4.69) is 4.90 Å². The van der Waals surface area contributed by atoms with Gasteiger partial charge in [-0.3, -0.25) is 0 Å². The molecule has 1 atom stereocenters. The molecule has 0 radical (unpaired) electrons. The van der Waals surface area contributed by atoms with Crippen LogP contribution in [0.3, 0.4) is 0 Å². The largest absolute Gasteiger partial charge is 0.323 e. The Bertz CT molecular complexity index is 376. The van der Waals surface area contributed by atoms with Crippen molar-refractivity contribution < 1.29 is 8.78 Å². The molecule has 4 heteroatoms. The van der Waals surface area contributed by atoms with Crippen LogP contribution in [0.15, 0.2) is 18.2 Å². The number of hydrogen-bond acceptors (Lipinski definition) is 2. The van der Waals surface area contributed by atoms with Crippen molar-refractivity contribution in [1.29, 1.82) is 0 Å². The zero-order valence-corrected chi connectivity index (χ0v) is 9.83. The first kappa shape index (κ1) is 12.5. The Morgan fingerprint density at radius 2 is 1.88 bits per heavy atom. The smallest absolute Gasteiger partial charge is 0.128 e. The first-order chi connectivity index (χ1) is 8.16. The normalized spacial score (nSPS) is 19.2. The summed E-state index contributed by atoms with van der Waals surface area (Å²) in [6, 6.07) is 3.00. The molecule has 2 N–H and O–H groups in total. The highest BCUT2D eigenvalue weighted by Gasteiger charge is 2.17. The molecule has 1 heterocycles. The van der Waals surface area contributed by atoms with Gasteiger partial charge in [-0.15, -0.1) is 0 Å². The molecule has 17 heavy (non-hydrogen) atoms. The fourth-order valence-electron chi connectivity index (χ4n) is 2.32. The molecular weight excluding hydrogens is 222 g/mol. The van der Waals surface area contributed by atoms with Crippen molar-refractivity contribution in [2.45, 2.75) is 25.3 Å². The van der Waals surface area contributed by atoms with Gasteiger partial charge in [-0.25, -0.2) is 8.78 Å². The van der Waals surface area contributed by atoms with Crippen molar-refractivity contribution in [2.24, 2.45) is 5.73 Å². The van der Waals surface area contributed by atoms with Gasteiger partial charge in [0.15, 0.2) is 0 Å². The van der Waals surface area contributed by atoms with Gasteiger partial charge >= 0.3 is 0 Å². The summed E-state index contributed by atoms with van der Waals surface area (Å²) in [5.74, 6) is -0.855. The minimum absolute atomic E-state index is 0.274. The maximum Gasteiger partial charge on any atom is 0.128 e. The number of hydrogen-bond donors (Lipinski definition) is 1. The molecule has 94 valence electrons. The van der Waals surface area contributed by atoms with Crippen molar-refractivity contribution in [3.8, 4) is 0 Å². The highest BCUT2D eigenvalue weighted by Crippen LogP contribution is 2.19. The molecule has 0 bridgehead atoms. The van der Waals surface area contributed by atoms with E-state index in [-0.39, 0.29) is 5.56 Å². The van der Waals surface area contributed by atoms with Gasteiger partial charge in [-0.1, -0.05) is 6.42 Å². The molecule has 1 aliphatic rings. The van der Waals surface area contributed by atoms with Crippen LogP contribution in [0.1, 0.15) is 30.9 Å². The van der Waals surface area contributed by atoms with Crippen molar-refractivity contribution in [2.75, 3.05) is 19.6 Å². The van der Waals surface area contributed by atoms with E-state index < -0.39 is 17.7 Å². The summed E-state index contributed by atoms with van der Waals surface area (Å²) >= 11 is 0. The molecule has 0 spiro atoms. The molecule has 0 aromatic heterocycles. The van der Waals surface area contributed by atoms with Gasteiger partial charge < -0.3 is 10.6 Å². The Kier molecular flexibility index (Phi) is 4.07. The summed E-state index contributed by atoms with van der Waals surface area (Å²) in [5.41, 5.74) is 6.22. The molecule has 1 fully saturated rings. The van der Waals surface area contributed by atoms with Crippen molar-refractivity contribution in [3.05, 3.63) is 35.4 Å². The van der Waals surface area contributed by atoms with E-state index in [4.69, 9.17) is 5.73 Å². The maximum absolute atomic E-state index is 13.5. The van der Waals surface area contributed by atoms with E-state index in [1.165, 1.54) is 25.3 Å². The lowest BCUT2D eigenvalue weighted by molar-refractivity contribution is 0.215. The minimum Gasteiger partial charge on any atom is -0.323 e.